The molecule has 0 aliphatic heterocycles. The molecule has 4 heteroatoms. The van der Waals surface area contributed by atoms with Gasteiger partial charge in [0.1, 0.15) is 11.6 Å². The van der Waals surface area contributed by atoms with Crippen molar-refractivity contribution in [2.75, 3.05) is 12.8 Å². The number of nitrogens with two attached hydrogens (primary N) is 1. The van der Waals surface area contributed by atoms with E-state index in [-0.39, 0.29) is 0 Å². The molecule has 0 aliphatic rings. The number of hydrogen-bond donors (Lipinski definition) is 1. The van der Waals surface area contributed by atoms with Crippen molar-refractivity contribution >= 4 is 5.69 Å². The largest absolute Gasteiger partial charge is 0.496 e. The molecule has 2 N–H and O–H groups in total. The zero-order chi connectivity index (χ0) is 14.7. The van der Waals surface area contributed by atoms with Gasteiger partial charge < -0.3 is 15.0 Å². The van der Waals surface area contributed by atoms with Crippen molar-refractivity contribution in [3.05, 3.63) is 66.5 Å². The van der Waals surface area contributed by atoms with Gasteiger partial charge in [-0.15, -0.1) is 0 Å². The summed E-state index contributed by atoms with van der Waals surface area (Å²) in [5.41, 5.74) is 8.73. The van der Waals surface area contributed by atoms with E-state index in [1.165, 1.54) is 0 Å². The maximum absolute atomic E-state index is 5.84. The maximum Gasteiger partial charge on any atom is 0.143 e. The summed E-state index contributed by atoms with van der Waals surface area (Å²) in [4.78, 5) is 4.47. The molecule has 2 aromatic carbocycles. The minimum atomic E-state index is 0.721. The number of rotatable bonds is 4. The van der Waals surface area contributed by atoms with Gasteiger partial charge in [-0.3, -0.25) is 0 Å². The summed E-state index contributed by atoms with van der Waals surface area (Å²) < 4.78 is 7.51. The molecule has 106 valence electrons. The molecule has 0 aliphatic carbocycles. The molecule has 1 heterocycles. The van der Waals surface area contributed by atoms with E-state index in [1.54, 1.807) is 13.3 Å². The van der Waals surface area contributed by atoms with E-state index in [0.717, 1.165) is 34.9 Å². The van der Waals surface area contributed by atoms with Gasteiger partial charge in [-0.05, 0) is 29.8 Å². The third-order valence-corrected chi connectivity index (χ3v) is 3.37. The van der Waals surface area contributed by atoms with Gasteiger partial charge in [0.2, 0.25) is 0 Å². The van der Waals surface area contributed by atoms with Gasteiger partial charge in [0, 0.05) is 24.6 Å². The van der Waals surface area contributed by atoms with Crippen LogP contribution in [-0.4, -0.2) is 16.7 Å². The van der Waals surface area contributed by atoms with Crippen molar-refractivity contribution in [2.45, 2.75) is 6.54 Å². The molecule has 0 spiro atoms. The second kappa shape index (κ2) is 5.71. The lowest BCUT2D eigenvalue weighted by Gasteiger charge is -2.11. The number of hydrogen-bond acceptors (Lipinski definition) is 3. The quantitative estimate of drug-likeness (QED) is 0.746. The third-order valence-electron chi connectivity index (χ3n) is 3.37. The Bertz CT molecular complexity index is 749. The average molecular weight is 279 g/mol. The second-order valence-corrected chi connectivity index (χ2v) is 4.82. The number of nitrogen functional groups attached to an aromatic ring is 1. The molecule has 3 aromatic rings. The molecule has 0 bridgehead atoms. The number of methoxy groups -OCH3 is 1. The van der Waals surface area contributed by atoms with E-state index in [1.807, 2.05) is 48.7 Å². The number of aromatic nitrogens is 2. The van der Waals surface area contributed by atoms with Crippen molar-refractivity contribution < 1.29 is 4.74 Å². The molecule has 4 nitrogen and oxygen atoms in total. The Morgan fingerprint density at radius 3 is 2.81 bits per heavy atom. The SMILES string of the molecule is COc1ccccc1-c1nccn1Cc1cccc(N)c1. The van der Waals surface area contributed by atoms with E-state index in [2.05, 4.69) is 15.6 Å². The van der Waals surface area contributed by atoms with Gasteiger partial charge in [0.25, 0.3) is 0 Å². The zero-order valence-electron chi connectivity index (χ0n) is 11.9. The zero-order valence-corrected chi connectivity index (χ0v) is 11.9. The Kier molecular flexibility index (Phi) is 3.60. The Morgan fingerprint density at radius 1 is 1.14 bits per heavy atom. The van der Waals surface area contributed by atoms with E-state index in [9.17, 15) is 0 Å². The lowest BCUT2D eigenvalue weighted by atomic mass is 10.1. The smallest absolute Gasteiger partial charge is 0.143 e. The van der Waals surface area contributed by atoms with Crippen molar-refractivity contribution in [2.24, 2.45) is 0 Å². The first-order valence-corrected chi connectivity index (χ1v) is 6.77. The molecular formula is C17H17N3O. The first kappa shape index (κ1) is 13.2. The molecule has 0 radical (unpaired) electrons. The summed E-state index contributed by atoms with van der Waals surface area (Å²) in [6, 6.07) is 15.8. The summed E-state index contributed by atoms with van der Waals surface area (Å²) in [6.07, 6.45) is 3.76. The van der Waals surface area contributed by atoms with Crippen LogP contribution in [0.2, 0.25) is 0 Å². The average Bonchev–Trinajstić information content (AvgIpc) is 2.95. The Balaban J connectivity index is 1.98. The summed E-state index contributed by atoms with van der Waals surface area (Å²) in [7, 11) is 1.67. The van der Waals surface area contributed by atoms with Gasteiger partial charge in [-0.2, -0.15) is 0 Å². The van der Waals surface area contributed by atoms with Crippen molar-refractivity contribution in [3.63, 3.8) is 0 Å². The topological polar surface area (TPSA) is 53.1 Å². The van der Waals surface area contributed by atoms with Crippen LogP contribution in [0.1, 0.15) is 5.56 Å². The van der Waals surface area contributed by atoms with Crippen LogP contribution in [-0.2, 0) is 6.54 Å². The summed E-state index contributed by atoms with van der Waals surface area (Å²) in [5.74, 6) is 1.70. The number of anilines is 1. The fourth-order valence-electron chi connectivity index (χ4n) is 2.40. The van der Waals surface area contributed by atoms with Crippen molar-refractivity contribution in [1.29, 1.82) is 0 Å². The highest BCUT2D eigenvalue weighted by atomic mass is 16.5. The highest BCUT2D eigenvalue weighted by Gasteiger charge is 2.11. The molecule has 0 atom stereocenters. The van der Waals surface area contributed by atoms with E-state index in [0.29, 0.717) is 0 Å². The fourth-order valence-corrected chi connectivity index (χ4v) is 2.40. The normalized spacial score (nSPS) is 10.5. The van der Waals surface area contributed by atoms with Crippen LogP contribution in [0.4, 0.5) is 5.69 Å². The number of benzene rings is 2. The fraction of sp³-hybridized carbons (Fsp3) is 0.118. The molecule has 0 saturated carbocycles. The van der Waals surface area contributed by atoms with Gasteiger partial charge in [-0.1, -0.05) is 24.3 Å². The van der Waals surface area contributed by atoms with Crippen molar-refractivity contribution in [1.82, 2.24) is 9.55 Å². The Hall–Kier alpha value is -2.75. The number of nitrogens with zero attached hydrogens (tertiary/aromatic N) is 2. The number of imidazole rings is 1. The molecule has 0 saturated heterocycles. The number of para-hydroxylation sites is 1. The van der Waals surface area contributed by atoms with Gasteiger partial charge in [-0.25, -0.2) is 4.98 Å². The predicted octanol–water partition coefficient (Wildman–Crippen LogP) is 3.19. The minimum absolute atomic E-state index is 0.721. The van der Waals surface area contributed by atoms with Crippen LogP contribution in [0.15, 0.2) is 60.9 Å². The standard InChI is InChI=1S/C17H17N3O/c1-21-16-8-3-2-7-15(16)17-19-9-10-20(17)12-13-5-4-6-14(18)11-13/h2-11H,12,18H2,1H3. The van der Waals surface area contributed by atoms with Gasteiger partial charge >= 0.3 is 0 Å². The highest BCUT2D eigenvalue weighted by Crippen LogP contribution is 2.28. The van der Waals surface area contributed by atoms with E-state index >= 15 is 0 Å². The van der Waals surface area contributed by atoms with Crippen LogP contribution >= 0.6 is 0 Å². The van der Waals surface area contributed by atoms with Gasteiger partial charge in [0.15, 0.2) is 0 Å². The molecule has 0 unspecified atom stereocenters. The van der Waals surface area contributed by atoms with E-state index in [4.69, 9.17) is 10.5 Å². The minimum Gasteiger partial charge on any atom is -0.496 e. The van der Waals surface area contributed by atoms with Crippen LogP contribution in [0.3, 0.4) is 0 Å². The molecule has 3 rings (SSSR count). The first-order valence-electron chi connectivity index (χ1n) is 6.77. The lowest BCUT2D eigenvalue weighted by Crippen LogP contribution is -2.02. The van der Waals surface area contributed by atoms with Crippen LogP contribution in [0.25, 0.3) is 11.4 Å². The van der Waals surface area contributed by atoms with Crippen LogP contribution in [0, 0.1) is 0 Å². The third kappa shape index (κ3) is 2.74. The summed E-state index contributed by atoms with van der Waals surface area (Å²) in [6.45, 7) is 0.721. The Morgan fingerprint density at radius 2 is 2.00 bits per heavy atom. The first-order chi connectivity index (χ1) is 10.3. The highest BCUT2D eigenvalue weighted by molar-refractivity contribution is 5.64. The van der Waals surface area contributed by atoms with E-state index < -0.39 is 0 Å². The number of ether oxygens (including phenoxy) is 1. The van der Waals surface area contributed by atoms with Crippen LogP contribution in [0.5, 0.6) is 5.75 Å². The summed E-state index contributed by atoms with van der Waals surface area (Å²) in [5, 5.41) is 0. The molecule has 21 heavy (non-hydrogen) atoms. The monoisotopic (exact) mass is 279 g/mol. The van der Waals surface area contributed by atoms with Gasteiger partial charge in [0.05, 0.1) is 12.7 Å². The van der Waals surface area contributed by atoms with Crippen LogP contribution < -0.4 is 10.5 Å². The predicted molar refractivity (Wildman–Crippen MR) is 84.2 cm³/mol. The Labute approximate surface area is 123 Å². The molecule has 0 fully saturated rings. The molecule has 0 amide bonds. The molecule has 1 aromatic heterocycles. The lowest BCUT2D eigenvalue weighted by molar-refractivity contribution is 0.416. The second-order valence-electron chi connectivity index (χ2n) is 4.82. The van der Waals surface area contributed by atoms with Crippen molar-refractivity contribution in [3.8, 4) is 17.1 Å². The molecular weight excluding hydrogens is 262 g/mol. The summed E-state index contributed by atoms with van der Waals surface area (Å²) >= 11 is 0. The maximum atomic E-state index is 5.84.